The maximum atomic E-state index is 12.9. The fourth-order valence-corrected chi connectivity index (χ4v) is 4.15. The molecule has 6 N–H and O–H groups in total. The van der Waals surface area contributed by atoms with E-state index in [0.29, 0.717) is 35.4 Å². The van der Waals surface area contributed by atoms with Crippen molar-refractivity contribution in [3.05, 3.63) is 81.8 Å². The number of imidazole rings is 1. The summed E-state index contributed by atoms with van der Waals surface area (Å²) in [6, 6.07) is 15.7. The van der Waals surface area contributed by atoms with E-state index in [1.54, 1.807) is 12.3 Å². The number of nitrogens with two attached hydrogens (primary N) is 1. The number of rotatable bonds is 8. The third-order valence-electron chi connectivity index (χ3n) is 6.04. The van der Waals surface area contributed by atoms with Gasteiger partial charge in [-0.3, -0.25) is 9.79 Å². The minimum Gasteiger partial charge on any atom is -0.394 e. The van der Waals surface area contributed by atoms with Gasteiger partial charge in [0.05, 0.1) is 35.4 Å². The molecule has 1 aliphatic carbocycles. The number of hydrogen-bond acceptors (Lipinski definition) is 5. The number of aromatic amines is 2. The van der Waals surface area contributed by atoms with E-state index in [1.807, 2.05) is 49.4 Å². The van der Waals surface area contributed by atoms with Gasteiger partial charge in [0.2, 0.25) is 0 Å². The summed E-state index contributed by atoms with van der Waals surface area (Å²) in [7, 11) is 0. The lowest BCUT2D eigenvalue weighted by Crippen LogP contribution is -2.28. The maximum Gasteiger partial charge on any atom is 0.261 e. The molecule has 1 atom stereocenters. The molecule has 0 saturated heterocycles. The minimum absolute atomic E-state index is 0.0800. The molecule has 8 nitrogen and oxygen atoms in total. The molecule has 1 unspecified atom stereocenters. The monoisotopic (exact) mass is 456 g/mol. The van der Waals surface area contributed by atoms with E-state index in [4.69, 9.17) is 10.7 Å². The van der Waals surface area contributed by atoms with Crippen LogP contribution >= 0.6 is 0 Å². The SMILES string of the molecule is Cc1cc(C(N)=NC2CC2)cc2[nH]c(-c3c(NC(CO)Cc4ccccc4)cc[nH]c3=O)nc12. The highest BCUT2D eigenvalue weighted by molar-refractivity contribution is 6.01. The van der Waals surface area contributed by atoms with Crippen LogP contribution in [0.25, 0.3) is 22.4 Å². The number of aliphatic hydroxyl groups excluding tert-OH is 1. The number of aromatic nitrogens is 3. The standard InChI is InChI=1S/C26H28N6O2/c1-15-11-17(24(27)30-18-7-8-18)13-21-23(15)32-25(31-21)22-20(9-10-28-26(22)34)29-19(14-33)12-16-5-3-2-4-6-16/h2-6,9-11,13,18-19,33H,7-8,12,14H2,1H3,(H2,27,30)(H,31,32)(H2,28,29,34). The van der Waals surface area contributed by atoms with Crippen molar-refractivity contribution in [2.45, 2.75) is 38.3 Å². The van der Waals surface area contributed by atoms with Gasteiger partial charge in [0.25, 0.3) is 5.56 Å². The van der Waals surface area contributed by atoms with E-state index in [-0.39, 0.29) is 18.2 Å². The van der Waals surface area contributed by atoms with Gasteiger partial charge in [0.15, 0.2) is 0 Å². The summed E-state index contributed by atoms with van der Waals surface area (Å²) >= 11 is 0. The molecule has 8 heteroatoms. The molecular formula is C26H28N6O2. The summed E-state index contributed by atoms with van der Waals surface area (Å²) in [4.78, 5) is 28.2. The third kappa shape index (κ3) is 4.58. The molecule has 1 saturated carbocycles. The highest BCUT2D eigenvalue weighted by Gasteiger charge is 2.22. The Kier molecular flexibility index (Phi) is 5.90. The van der Waals surface area contributed by atoms with Crippen molar-refractivity contribution in [2.24, 2.45) is 10.7 Å². The largest absolute Gasteiger partial charge is 0.394 e. The number of pyridine rings is 1. The fraction of sp³-hybridized carbons (Fsp3) is 0.269. The van der Waals surface area contributed by atoms with Crippen molar-refractivity contribution in [2.75, 3.05) is 11.9 Å². The molecule has 0 amide bonds. The number of fused-ring (bicyclic) bond motifs is 1. The Hall–Kier alpha value is -3.91. The second-order valence-corrected chi connectivity index (χ2v) is 8.83. The topological polar surface area (TPSA) is 132 Å². The number of aryl methyl sites for hydroxylation is 1. The zero-order valence-corrected chi connectivity index (χ0v) is 19.0. The molecule has 1 fully saturated rings. The predicted octanol–water partition coefficient (Wildman–Crippen LogP) is 3.11. The number of amidine groups is 1. The lowest BCUT2D eigenvalue weighted by molar-refractivity contribution is 0.274. The second-order valence-electron chi connectivity index (χ2n) is 8.83. The van der Waals surface area contributed by atoms with Gasteiger partial charge < -0.3 is 26.1 Å². The van der Waals surface area contributed by atoms with Crippen LogP contribution in [-0.2, 0) is 6.42 Å². The van der Waals surface area contributed by atoms with Crippen LogP contribution in [0.3, 0.4) is 0 Å². The number of nitrogens with zero attached hydrogens (tertiary/aromatic N) is 2. The molecule has 0 spiro atoms. The van der Waals surface area contributed by atoms with Gasteiger partial charge in [-0.05, 0) is 55.5 Å². The first-order valence-corrected chi connectivity index (χ1v) is 11.5. The molecule has 1 aliphatic rings. The van der Waals surface area contributed by atoms with Crippen molar-refractivity contribution in [1.82, 2.24) is 15.0 Å². The van der Waals surface area contributed by atoms with Gasteiger partial charge in [-0.1, -0.05) is 30.3 Å². The van der Waals surface area contributed by atoms with Gasteiger partial charge in [-0.15, -0.1) is 0 Å². The van der Waals surface area contributed by atoms with E-state index in [0.717, 1.165) is 40.6 Å². The number of aliphatic imine (C=N–C) groups is 1. The molecule has 0 bridgehead atoms. The van der Waals surface area contributed by atoms with Crippen LogP contribution in [-0.4, -0.2) is 44.6 Å². The van der Waals surface area contributed by atoms with Crippen LogP contribution in [0.5, 0.6) is 0 Å². The first kappa shape index (κ1) is 21.9. The Morgan fingerprint density at radius 3 is 2.79 bits per heavy atom. The number of nitrogens with one attached hydrogen (secondary N) is 3. The summed E-state index contributed by atoms with van der Waals surface area (Å²) in [6.07, 6.45) is 4.38. The number of hydrogen-bond donors (Lipinski definition) is 5. The maximum absolute atomic E-state index is 12.9. The summed E-state index contributed by atoms with van der Waals surface area (Å²) in [5.74, 6) is 0.976. The van der Waals surface area contributed by atoms with Crippen molar-refractivity contribution in [3.63, 3.8) is 0 Å². The lowest BCUT2D eigenvalue weighted by atomic mass is 10.1. The molecule has 4 aromatic rings. The summed E-state index contributed by atoms with van der Waals surface area (Å²) in [5.41, 5.74) is 11.4. The van der Waals surface area contributed by atoms with Gasteiger partial charge >= 0.3 is 0 Å². The molecule has 2 aromatic carbocycles. The van der Waals surface area contributed by atoms with Crippen LogP contribution < -0.4 is 16.6 Å². The van der Waals surface area contributed by atoms with Gasteiger partial charge in [0, 0.05) is 11.8 Å². The van der Waals surface area contributed by atoms with Crippen LogP contribution in [0.4, 0.5) is 5.69 Å². The molecular weight excluding hydrogens is 428 g/mol. The van der Waals surface area contributed by atoms with Crippen molar-refractivity contribution < 1.29 is 5.11 Å². The highest BCUT2D eigenvalue weighted by atomic mass is 16.3. The van der Waals surface area contributed by atoms with Crippen LogP contribution in [0.15, 0.2) is 64.5 Å². The average Bonchev–Trinajstić information content (AvgIpc) is 3.54. The van der Waals surface area contributed by atoms with E-state index in [2.05, 4.69) is 20.3 Å². The summed E-state index contributed by atoms with van der Waals surface area (Å²) < 4.78 is 0. The highest BCUT2D eigenvalue weighted by Crippen LogP contribution is 2.28. The lowest BCUT2D eigenvalue weighted by Gasteiger charge is -2.19. The van der Waals surface area contributed by atoms with Crippen LogP contribution in [0.1, 0.15) is 29.5 Å². The Bertz CT molecular complexity index is 1400. The summed E-state index contributed by atoms with van der Waals surface area (Å²) in [6.45, 7) is 1.89. The minimum atomic E-state index is -0.270. The predicted molar refractivity (Wildman–Crippen MR) is 135 cm³/mol. The van der Waals surface area contributed by atoms with Crippen molar-refractivity contribution >= 4 is 22.6 Å². The first-order chi connectivity index (χ1) is 16.5. The fourth-order valence-electron chi connectivity index (χ4n) is 4.15. The number of aliphatic hydroxyl groups is 1. The van der Waals surface area contributed by atoms with E-state index >= 15 is 0 Å². The van der Waals surface area contributed by atoms with Crippen LogP contribution in [0.2, 0.25) is 0 Å². The normalized spacial score (nSPS) is 14.9. The van der Waals surface area contributed by atoms with Crippen LogP contribution in [0, 0.1) is 6.92 Å². The second kappa shape index (κ2) is 9.15. The smallest absolute Gasteiger partial charge is 0.261 e. The van der Waals surface area contributed by atoms with Crippen molar-refractivity contribution in [1.29, 1.82) is 0 Å². The Balaban J connectivity index is 1.50. The van der Waals surface area contributed by atoms with Gasteiger partial charge in [-0.25, -0.2) is 4.98 Å². The molecule has 2 aromatic heterocycles. The zero-order valence-electron chi connectivity index (χ0n) is 19.0. The molecule has 2 heterocycles. The van der Waals surface area contributed by atoms with Crippen molar-refractivity contribution in [3.8, 4) is 11.4 Å². The molecule has 34 heavy (non-hydrogen) atoms. The van der Waals surface area contributed by atoms with Gasteiger partial charge in [0.1, 0.15) is 17.2 Å². The quantitative estimate of drug-likeness (QED) is 0.205. The number of H-pyrrole nitrogens is 2. The zero-order chi connectivity index (χ0) is 23.7. The number of benzene rings is 2. The Morgan fingerprint density at radius 1 is 1.26 bits per heavy atom. The van der Waals surface area contributed by atoms with E-state index in [9.17, 15) is 9.90 Å². The number of anilines is 1. The summed E-state index contributed by atoms with van der Waals surface area (Å²) in [5, 5.41) is 13.3. The third-order valence-corrected chi connectivity index (χ3v) is 6.04. The van der Waals surface area contributed by atoms with E-state index in [1.165, 1.54) is 0 Å². The Labute approximate surface area is 197 Å². The molecule has 5 rings (SSSR count). The molecule has 0 radical (unpaired) electrons. The molecule has 0 aliphatic heterocycles. The van der Waals surface area contributed by atoms with E-state index < -0.39 is 0 Å². The first-order valence-electron chi connectivity index (χ1n) is 11.5. The molecule has 174 valence electrons. The Morgan fingerprint density at radius 2 is 2.06 bits per heavy atom. The average molecular weight is 457 g/mol. The van der Waals surface area contributed by atoms with Gasteiger partial charge in [-0.2, -0.15) is 0 Å².